The number of benzene rings is 1. The van der Waals surface area contributed by atoms with Gasteiger partial charge in [0, 0.05) is 15.2 Å². The second kappa shape index (κ2) is 5.57. The molecule has 1 aromatic carbocycles. The van der Waals surface area contributed by atoms with Gasteiger partial charge in [-0.15, -0.1) is 0 Å². The Hall–Kier alpha value is -0.290. The summed E-state index contributed by atoms with van der Waals surface area (Å²) in [6.45, 7) is 8.29. The lowest BCUT2D eigenvalue weighted by molar-refractivity contribution is 0.0910. The number of hydrogen-bond acceptors (Lipinski definition) is 1. The predicted octanol–water partition coefficient (Wildman–Crippen LogP) is 4.11. The Morgan fingerprint density at radius 2 is 2.00 bits per heavy atom. The van der Waals surface area contributed by atoms with Crippen molar-refractivity contribution in [2.24, 2.45) is 5.41 Å². The van der Waals surface area contributed by atoms with E-state index in [-0.39, 0.29) is 17.4 Å². The molecular weight excluding hydrogens is 349 g/mol. The van der Waals surface area contributed by atoms with Crippen LogP contribution in [0.4, 0.5) is 0 Å². The van der Waals surface area contributed by atoms with Crippen LogP contribution < -0.4 is 5.32 Å². The van der Waals surface area contributed by atoms with E-state index in [2.05, 4.69) is 48.7 Å². The van der Waals surface area contributed by atoms with Crippen LogP contribution in [0, 0.1) is 8.99 Å². The van der Waals surface area contributed by atoms with E-state index in [1.165, 1.54) is 0 Å². The van der Waals surface area contributed by atoms with Gasteiger partial charge in [-0.05, 0) is 53.1 Å². The maximum Gasteiger partial charge on any atom is 0.251 e. The highest BCUT2D eigenvalue weighted by atomic mass is 127. The van der Waals surface area contributed by atoms with Crippen LogP contribution in [0.5, 0.6) is 0 Å². The van der Waals surface area contributed by atoms with Gasteiger partial charge in [0.2, 0.25) is 0 Å². The third-order valence-electron chi connectivity index (χ3n) is 2.83. The van der Waals surface area contributed by atoms with Crippen LogP contribution in [0.1, 0.15) is 38.1 Å². The van der Waals surface area contributed by atoms with Crippen molar-refractivity contribution in [3.63, 3.8) is 0 Å². The van der Waals surface area contributed by atoms with Gasteiger partial charge in [-0.1, -0.05) is 32.4 Å². The van der Waals surface area contributed by atoms with Gasteiger partial charge in [-0.25, -0.2) is 0 Å². The molecule has 17 heavy (non-hydrogen) atoms. The Bertz CT molecular complexity index is 426. The summed E-state index contributed by atoms with van der Waals surface area (Å²) in [6.07, 6.45) is 0. The molecule has 4 heteroatoms. The SMILES string of the molecule is CC(NC(=O)c1ccc(I)c(Cl)c1)C(C)(C)C. The van der Waals surface area contributed by atoms with Crippen molar-refractivity contribution in [1.82, 2.24) is 5.32 Å². The monoisotopic (exact) mass is 365 g/mol. The van der Waals surface area contributed by atoms with Gasteiger partial charge < -0.3 is 5.32 Å². The number of halogens is 2. The summed E-state index contributed by atoms with van der Waals surface area (Å²) >= 11 is 8.14. The predicted molar refractivity (Wildman–Crippen MR) is 80.6 cm³/mol. The smallest absolute Gasteiger partial charge is 0.251 e. The Morgan fingerprint density at radius 1 is 1.41 bits per heavy atom. The Kier molecular flexibility index (Phi) is 4.84. The minimum absolute atomic E-state index is 0.0443. The Balaban J connectivity index is 2.80. The fraction of sp³-hybridized carbons (Fsp3) is 0.462. The second-order valence-electron chi connectivity index (χ2n) is 5.19. The molecule has 0 radical (unpaired) electrons. The summed E-state index contributed by atoms with van der Waals surface area (Å²) in [6, 6.07) is 5.44. The minimum Gasteiger partial charge on any atom is -0.349 e. The molecule has 0 heterocycles. The van der Waals surface area contributed by atoms with Gasteiger partial charge in [0.25, 0.3) is 5.91 Å². The molecule has 1 N–H and O–H groups in total. The summed E-state index contributed by atoms with van der Waals surface area (Å²) in [5.41, 5.74) is 0.648. The lowest BCUT2D eigenvalue weighted by Gasteiger charge is -2.28. The highest BCUT2D eigenvalue weighted by Gasteiger charge is 2.22. The van der Waals surface area contributed by atoms with E-state index in [4.69, 9.17) is 11.6 Å². The molecule has 0 saturated carbocycles. The number of hydrogen-bond donors (Lipinski definition) is 1. The molecule has 1 rings (SSSR count). The number of carbonyl (C=O) groups excluding carboxylic acids is 1. The van der Waals surface area contributed by atoms with E-state index in [0.29, 0.717) is 10.6 Å². The van der Waals surface area contributed by atoms with Crippen LogP contribution in [-0.2, 0) is 0 Å². The largest absolute Gasteiger partial charge is 0.349 e. The molecule has 0 saturated heterocycles. The van der Waals surface area contributed by atoms with Crippen LogP contribution in [0.15, 0.2) is 18.2 Å². The van der Waals surface area contributed by atoms with Crippen LogP contribution in [-0.4, -0.2) is 11.9 Å². The summed E-state index contributed by atoms with van der Waals surface area (Å²) in [4.78, 5) is 12.0. The average Bonchev–Trinajstić information content (AvgIpc) is 2.20. The van der Waals surface area contributed by atoms with Crippen molar-refractivity contribution in [2.75, 3.05) is 0 Å². The van der Waals surface area contributed by atoms with Gasteiger partial charge in [0.05, 0.1) is 5.02 Å². The van der Waals surface area contributed by atoms with Crippen LogP contribution in [0.3, 0.4) is 0 Å². The zero-order valence-corrected chi connectivity index (χ0v) is 13.4. The average molecular weight is 366 g/mol. The third-order valence-corrected chi connectivity index (χ3v) is 4.40. The van der Waals surface area contributed by atoms with Gasteiger partial charge in [0.15, 0.2) is 0 Å². The standard InChI is InChI=1S/C13H17ClINO/c1-8(13(2,3)4)16-12(17)9-5-6-11(15)10(14)7-9/h5-8H,1-4H3,(H,16,17). The Labute approximate surface area is 121 Å². The number of rotatable bonds is 2. The van der Waals surface area contributed by atoms with Gasteiger partial charge in [0.1, 0.15) is 0 Å². The summed E-state index contributed by atoms with van der Waals surface area (Å²) in [7, 11) is 0. The molecule has 0 bridgehead atoms. The highest BCUT2D eigenvalue weighted by Crippen LogP contribution is 2.21. The van der Waals surface area contributed by atoms with Gasteiger partial charge in [-0.2, -0.15) is 0 Å². The van der Waals surface area contributed by atoms with Gasteiger partial charge >= 0.3 is 0 Å². The number of carbonyl (C=O) groups is 1. The van der Waals surface area contributed by atoms with Gasteiger partial charge in [-0.3, -0.25) is 4.79 Å². The molecule has 0 aliphatic carbocycles. The fourth-order valence-electron chi connectivity index (χ4n) is 1.13. The topological polar surface area (TPSA) is 29.1 Å². The number of amides is 1. The first kappa shape index (κ1) is 14.8. The zero-order chi connectivity index (χ0) is 13.2. The molecule has 0 aliphatic rings. The van der Waals surface area contributed by atoms with Crippen LogP contribution >= 0.6 is 34.2 Å². The third kappa shape index (κ3) is 4.14. The summed E-state index contributed by atoms with van der Waals surface area (Å²) < 4.78 is 0.949. The molecule has 1 unspecified atom stereocenters. The lowest BCUT2D eigenvalue weighted by Crippen LogP contribution is -2.41. The van der Waals surface area contributed by atoms with Crippen molar-refractivity contribution in [2.45, 2.75) is 33.7 Å². The second-order valence-corrected chi connectivity index (χ2v) is 6.76. The van der Waals surface area contributed by atoms with Crippen molar-refractivity contribution in [1.29, 1.82) is 0 Å². The molecule has 0 aromatic heterocycles. The molecule has 0 spiro atoms. The molecule has 0 fully saturated rings. The van der Waals surface area contributed by atoms with Crippen molar-refractivity contribution in [3.8, 4) is 0 Å². The van der Waals surface area contributed by atoms with Crippen molar-refractivity contribution in [3.05, 3.63) is 32.4 Å². The zero-order valence-electron chi connectivity index (χ0n) is 10.5. The molecule has 0 aliphatic heterocycles. The maximum absolute atomic E-state index is 12.0. The van der Waals surface area contributed by atoms with Crippen molar-refractivity contribution >= 4 is 40.1 Å². The molecule has 94 valence electrons. The summed E-state index contributed by atoms with van der Waals surface area (Å²) in [5, 5.41) is 3.60. The van der Waals surface area contributed by atoms with Crippen LogP contribution in [0.2, 0.25) is 5.02 Å². The molecule has 1 amide bonds. The Morgan fingerprint density at radius 3 is 2.47 bits per heavy atom. The van der Waals surface area contributed by atoms with E-state index in [1.54, 1.807) is 12.1 Å². The van der Waals surface area contributed by atoms with E-state index in [9.17, 15) is 4.79 Å². The molecule has 1 atom stereocenters. The first-order valence-corrected chi connectivity index (χ1v) is 6.93. The molecular formula is C13H17ClINO. The van der Waals surface area contributed by atoms with E-state index < -0.39 is 0 Å². The lowest BCUT2D eigenvalue weighted by atomic mass is 9.88. The van der Waals surface area contributed by atoms with Crippen molar-refractivity contribution < 1.29 is 4.79 Å². The van der Waals surface area contributed by atoms with E-state index >= 15 is 0 Å². The highest BCUT2D eigenvalue weighted by molar-refractivity contribution is 14.1. The quantitative estimate of drug-likeness (QED) is 0.785. The maximum atomic E-state index is 12.0. The van der Waals surface area contributed by atoms with Crippen LogP contribution in [0.25, 0.3) is 0 Å². The van der Waals surface area contributed by atoms with E-state index in [0.717, 1.165) is 3.57 Å². The first-order chi connectivity index (χ1) is 7.71. The first-order valence-electron chi connectivity index (χ1n) is 5.47. The fourth-order valence-corrected chi connectivity index (χ4v) is 1.65. The number of nitrogens with one attached hydrogen (secondary N) is 1. The normalized spacial score (nSPS) is 13.3. The minimum atomic E-state index is -0.0780. The molecule has 1 aromatic rings. The van der Waals surface area contributed by atoms with E-state index in [1.807, 2.05) is 13.0 Å². The summed E-state index contributed by atoms with van der Waals surface area (Å²) in [5.74, 6) is -0.0780. The molecule has 2 nitrogen and oxygen atoms in total.